The van der Waals surface area contributed by atoms with Crippen LogP contribution in [0, 0.1) is 11.3 Å². The number of amides is 2. The summed E-state index contributed by atoms with van der Waals surface area (Å²) in [7, 11) is 0. The second-order valence-electron chi connectivity index (χ2n) is 8.10. The molecule has 2 atom stereocenters. The number of carbonyl (C=O) groups excluding carboxylic acids is 2. The molecule has 3 rings (SSSR count). The van der Waals surface area contributed by atoms with Crippen molar-refractivity contribution in [3.8, 4) is 0 Å². The molecule has 1 aromatic rings. The van der Waals surface area contributed by atoms with Crippen molar-refractivity contribution in [1.29, 1.82) is 0 Å². The minimum atomic E-state index is -0.537. The highest BCUT2D eigenvalue weighted by Crippen LogP contribution is 2.32. The molecular weight excluding hydrogens is 314 g/mol. The third-order valence-corrected chi connectivity index (χ3v) is 5.74. The molecule has 2 unspecified atom stereocenters. The van der Waals surface area contributed by atoms with Crippen molar-refractivity contribution >= 4 is 17.5 Å². The zero-order valence-corrected chi connectivity index (χ0v) is 15.5. The predicted octanol–water partition coefficient (Wildman–Crippen LogP) is 2.36. The van der Waals surface area contributed by atoms with Gasteiger partial charge in [0, 0.05) is 25.3 Å². The van der Waals surface area contributed by atoms with Crippen LogP contribution in [0.4, 0.5) is 5.69 Å². The molecule has 2 aliphatic heterocycles. The van der Waals surface area contributed by atoms with Crippen LogP contribution in [-0.4, -0.2) is 42.9 Å². The molecule has 136 valence electrons. The van der Waals surface area contributed by atoms with Crippen LogP contribution in [0.15, 0.2) is 24.3 Å². The fourth-order valence-electron chi connectivity index (χ4n) is 3.80. The molecule has 2 saturated heterocycles. The zero-order chi connectivity index (χ0) is 18.2. The first-order valence-electron chi connectivity index (χ1n) is 9.25. The van der Waals surface area contributed by atoms with E-state index in [0.717, 1.165) is 12.1 Å². The summed E-state index contributed by atoms with van der Waals surface area (Å²) < 4.78 is 0. The highest BCUT2D eigenvalue weighted by molar-refractivity contribution is 6.09. The van der Waals surface area contributed by atoms with Gasteiger partial charge < -0.3 is 15.5 Å². The zero-order valence-electron chi connectivity index (χ0n) is 15.5. The molecule has 2 heterocycles. The normalized spacial score (nSPS) is 26.8. The van der Waals surface area contributed by atoms with Crippen molar-refractivity contribution < 1.29 is 9.59 Å². The molecule has 0 saturated carbocycles. The summed E-state index contributed by atoms with van der Waals surface area (Å²) in [5.41, 5.74) is 7.96. The number of rotatable bonds is 4. The summed E-state index contributed by atoms with van der Waals surface area (Å²) in [6.07, 6.45) is 1.51. The van der Waals surface area contributed by atoms with E-state index in [1.165, 1.54) is 5.56 Å². The van der Waals surface area contributed by atoms with Crippen LogP contribution in [0.2, 0.25) is 0 Å². The lowest BCUT2D eigenvalue weighted by Gasteiger charge is -2.24. The first kappa shape index (κ1) is 17.9. The van der Waals surface area contributed by atoms with Gasteiger partial charge in [0.15, 0.2) is 0 Å². The fourth-order valence-corrected chi connectivity index (χ4v) is 3.80. The van der Waals surface area contributed by atoms with Crippen molar-refractivity contribution in [1.82, 2.24) is 4.90 Å². The third kappa shape index (κ3) is 3.43. The van der Waals surface area contributed by atoms with Gasteiger partial charge in [0.2, 0.25) is 11.8 Å². The number of nitrogens with zero attached hydrogens (tertiary/aromatic N) is 2. The van der Waals surface area contributed by atoms with E-state index in [0.29, 0.717) is 38.5 Å². The maximum atomic E-state index is 12.8. The average Bonchev–Trinajstić information content (AvgIpc) is 3.18. The predicted molar refractivity (Wildman–Crippen MR) is 99.3 cm³/mol. The van der Waals surface area contributed by atoms with Crippen LogP contribution in [0.5, 0.6) is 0 Å². The summed E-state index contributed by atoms with van der Waals surface area (Å²) in [5, 5.41) is 0. The van der Waals surface area contributed by atoms with Crippen LogP contribution in [-0.2, 0) is 9.59 Å². The number of hydrogen-bond donors (Lipinski definition) is 1. The van der Waals surface area contributed by atoms with Crippen molar-refractivity contribution in [2.24, 2.45) is 17.1 Å². The van der Waals surface area contributed by atoms with Gasteiger partial charge in [-0.1, -0.05) is 32.9 Å². The number of hydrogen-bond acceptors (Lipinski definition) is 3. The Labute approximate surface area is 150 Å². The minimum absolute atomic E-state index is 0.0102. The van der Waals surface area contributed by atoms with E-state index in [-0.39, 0.29) is 17.2 Å². The quantitative estimate of drug-likeness (QED) is 0.854. The van der Waals surface area contributed by atoms with Crippen LogP contribution < -0.4 is 10.6 Å². The Morgan fingerprint density at radius 2 is 1.96 bits per heavy atom. The Morgan fingerprint density at radius 3 is 2.52 bits per heavy atom. The number of benzene rings is 1. The number of carbonyl (C=O) groups is 2. The summed E-state index contributed by atoms with van der Waals surface area (Å²) in [6, 6.07) is 8.11. The Kier molecular flexibility index (Phi) is 4.87. The van der Waals surface area contributed by atoms with Crippen molar-refractivity contribution in [2.75, 3.05) is 31.1 Å². The lowest BCUT2D eigenvalue weighted by molar-refractivity contribution is -0.139. The first-order chi connectivity index (χ1) is 11.8. The summed E-state index contributed by atoms with van der Waals surface area (Å²) in [5.74, 6) is -0.165. The van der Waals surface area contributed by atoms with Gasteiger partial charge in [-0.3, -0.25) is 9.59 Å². The van der Waals surface area contributed by atoms with E-state index in [1.807, 2.05) is 17.0 Å². The van der Waals surface area contributed by atoms with E-state index in [1.54, 1.807) is 4.90 Å². The smallest absolute Gasteiger partial charge is 0.239 e. The van der Waals surface area contributed by atoms with E-state index >= 15 is 0 Å². The second kappa shape index (κ2) is 6.79. The monoisotopic (exact) mass is 343 g/mol. The van der Waals surface area contributed by atoms with E-state index in [9.17, 15) is 9.59 Å². The minimum Gasteiger partial charge on any atom is -0.341 e. The van der Waals surface area contributed by atoms with Gasteiger partial charge in [0.1, 0.15) is 5.92 Å². The van der Waals surface area contributed by atoms with E-state index in [4.69, 9.17) is 5.73 Å². The molecule has 0 aromatic heterocycles. The lowest BCUT2D eigenvalue weighted by atomic mass is 9.90. The molecule has 0 aliphatic carbocycles. The maximum absolute atomic E-state index is 12.8. The molecular formula is C20H29N3O2. The van der Waals surface area contributed by atoms with Crippen molar-refractivity contribution in [3.05, 3.63) is 29.8 Å². The molecule has 5 nitrogen and oxygen atoms in total. The molecule has 25 heavy (non-hydrogen) atoms. The van der Waals surface area contributed by atoms with Gasteiger partial charge in [0.25, 0.3) is 0 Å². The molecule has 0 spiro atoms. The van der Waals surface area contributed by atoms with Crippen molar-refractivity contribution in [3.63, 3.8) is 0 Å². The van der Waals surface area contributed by atoms with Crippen LogP contribution >= 0.6 is 0 Å². The molecule has 2 N–H and O–H groups in total. The molecule has 0 bridgehead atoms. The number of likely N-dealkylation sites (tertiary alicyclic amines) is 1. The summed E-state index contributed by atoms with van der Waals surface area (Å²) in [6.45, 7) is 8.96. The van der Waals surface area contributed by atoms with Crippen LogP contribution in [0.25, 0.3) is 0 Å². The Balaban J connectivity index is 1.68. The molecule has 1 aromatic carbocycles. The Bertz CT molecular complexity index is 655. The molecule has 2 aliphatic rings. The lowest BCUT2D eigenvalue weighted by Crippen LogP contribution is -2.40. The molecule has 0 radical (unpaired) electrons. The fraction of sp³-hybridized carbons (Fsp3) is 0.600. The van der Waals surface area contributed by atoms with Crippen LogP contribution in [0.1, 0.15) is 45.1 Å². The standard InChI is InChI=1S/C20H29N3O2/c1-14(2)15-4-6-16(7-5-15)23-10-8-17(19(23)25)18(24)22-11-9-20(3,12-21)13-22/h4-7,14,17H,8-13,21H2,1-3H3. The van der Waals surface area contributed by atoms with Gasteiger partial charge in [-0.2, -0.15) is 0 Å². The SMILES string of the molecule is CC(C)c1ccc(N2CCC(C(=O)N3CCC(C)(CN)C3)C2=O)cc1. The van der Waals surface area contributed by atoms with E-state index in [2.05, 4.69) is 32.9 Å². The molecule has 5 heteroatoms. The largest absolute Gasteiger partial charge is 0.341 e. The maximum Gasteiger partial charge on any atom is 0.239 e. The summed E-state index contributed by atoms with van der Waals surface area (Å²) in [4.78, 5) is 29.2. The highest BCUT2D eigenvalue weighted by Gasteiger charge is 2.43. The van der Waals surface area contributed by atoms with E-state index < -0.39 is 5.92 Å². The highest BCUT2D eigenvalue weighted by atomic mass is 16.2. The van der Waals surface area contributed by atoms with Crippen LogP contribution in [0.3, 0.4) is 0 Å². The summed E-state index contributed by atoms with van der Waals surface area (Å²) >= 11 is 0. The second-order valence-corrected chi connectivity index (χ2v) is 8.10. The topological polar surface area (TPSA) is 66.6 Å². The molecule has 2 amide bonds. The Morgan fingerprint density at radius 1 is 1.28 bits per heavy atom. The number of nitrogens with two attached hydrogens (primary N) is 1. The third-order valence-electron chi connectivity index (χ3n) is 5.74. The van der Waals surface area contributed by atoms with Gasteiger partial charge >= 0.3 is 0 Å². The van der Waals surface area contributed by atoms with Crippen molar-refractivity contribution in [2.45, 2.75) is 39.5 Å². The first-order valence-corrected chi connectivity index (χ1v) is 9.25. The Hall–Kier alpha value is -1.88. The van der Waals surface area contributed by atoms with Gasteiger partial charge in [-0.25, -0.2) is 0 Å². The number of anilines is 1. The van der Waals surface area contributed by atoms with Gasteiger partial charge in [0.05, 0.1) is 0 Å². The average molecular weight is 343 g/mol. The van der Waals surface area contributed by atoms with Gasteiger partial charge in [-0.05, 0) is 48.4 Å². The molecule has 2 fully saturated rings. The van der Waals surface area contributed by atoms with Gasteiger partial charge in [-0.15, -0.1) is 0 Å².